The number of hydrogen-bond donors (Lipinski definition) is 1. The van der Waals surface area contributed by atoms with Crippen molar-refractivity contribution < 1.29 is 4.79 Å². The van der Waals surface area contributed by atoms with Gasteiger partial charge in [0.15, 0.2) is 0 Å². The number of carbonyl (C=O) groups excluding carboxylic acids is 1. The first-order valence-corrected chi connectivity index (χ1v) is 5.88. The van der Waals surface area contributed by atoms with Gasteiger partial charge in [-0.05, 0) is 24.6 Å². The molecule has 90 valence electrons. The molecule has 0 aromatic heterocycles. The topological polar surface area (TPSA) is 44.7 Å². The molecule has 0 bridgehead atoms. The molecule has 2 rings (SSSR count). The number of nitrogens with one attached hydrogen (secondary N) is 1. The van der Waals surface area contributed by atoms with E-state index in [1.54, 1.807) is 24.3 Å². The molecule has 2 amide bonds. The third-order valence-corrected chi connectivity index (χ3v) is 2.88. The second kappa shape index (κ2) is 5.19. The molecule has 0 radical (unpaired) electrons. The minimum Gasteiger partial charge on any atom is -0.363 e. The van der Waals surface area contributed by atoms with Gasteiger partial charge in [-0.15, -0.1) is 0 Å². The first-order chi connectivity index (χ1) is 8.15. The van der Waals surface area contributed by atoms with Crippen molar-refractivity contribution in [1.29, 1.82) is 0 Å². The van der Waals surface area contributed by atoms with Crippen LogP contribution in [0.25, 0.3) is 0 Å². The second-order valence-corrected chi connectivity index (χ2v) is 4.43. The van der Waals surface area contributed by atoms with E-state index in [1.807, 2.05) is 11.9 Å². The van der Waals surface area contributed by atoms with Gasteiger partial charge >= 0.3 is 6.03 Å². The van der Waals surface area contributed by atoms with Crippen molar-refractivity contribution in [1.82, 2.24) is 4.90 Å². The quantitative estimate of drug-likeness (QED) is 0.834. The van der Waals surface area contributed by atoms with E-state index in [4.69, 9.17) is 11.6 Å². The van der Waals surface area contributed by atoms with E-state index in [2.05, 4.69) is 10.3 Å². The maximum absolute atomic E-state index is 11.7. The summed E-state index contributed by atoms with van der Waals surface area (Å²) in [5.41, 5.74) is 0.660. The van der Waals surface area contributed by atoms with Gasteiger partial charge in [0.05, 0.1) is 0 Å². The number of nitrogens with zero attached hydrogens (tertiary/aromatic N) is 2. The third-order valence-electron chi connectivity index (χ3n) is 2.64. The van der Waals surface area contributed by atoms with Gasteiger partial charge < -0.3 is 10.2 Å². The summed E-state index contributed by atoms with van der Waals surface area (Å²) in [4.78, 5) is 17.7. The normalized spacial score (nSPS) is 17.5. The molecule has 0 saturated carbocycles. The van der Waals surface area contributed by atoms with E-state index < -0.39 is 0 Å². The molecule has 0 atom stereocenters. The Morgan fingerprint density at radius 2 is 2.35 bits per heavy atom. The Morgan fingerprint density at radius 1 is 1.53 bits per heavy atom. The summed E-state index contributed by atoms with van der Waals surface area (Å²) >= 11 is 5.83. The molecule has 0 unspecified atom stereocenters. The molecule has 1 fully saturated rings. The van der Waals surface area contributed by atoms with Crippen molar-refractivity contribution in [3.63, 3.8) is 0 Å². The van der Waals surface area contributed by atoms with Crippen LogP contribution < -0.4 is 5.32 Å². The van der Waals surface area contributed by atoms with Crippen LogP contribution in [0.15, 0.2) is 29.3 Å². The number of benzene rings is 1. The Morgan fingerprint density at radius 3 is 3.00 bits per heavy atom. The van der Waals surface area contributed by atoms with Crippen molar-refractivity contribution in [2.45, 2.75) is 12.8 Å². The Bertz CT molecular complexity index is 459. The SMILES string of the molecule is CN1CCC/C1=N/C(=O)Nc1cccc(Cl)c1. The molecule has 1 heterocycles. The Kier molecular flexibility index (Phi) is 3.64. The molecule has 1 N–H and O–H groups in total. The molecule has 17 heavy (non-hydrogen) atoms. The molecule has 1 aromatic carbocycles. The molecular weight excluding hydrogens is 238 g/mol. The lowest BCUT2D eigenvalue weighted by Crippen LogP contribution is -2.21. The highest BCUT2D eigenvalue weighted by molar-refractivity contribution is 6.30. The zero-order chi connectivity index (χ0) is 12.3. The molecule has 1 aliphatic heterocycles. The number of amides is 2. The average Bonchev–Trinajstić information content (AvgIpc) is 2.64. The largest absolute Gasteiger partial charge is 0.363 e. The smallest absolute Gasteiger partial charge is 0.347 e. The monoisotopic (exact) mass is 251 g/mol. The Labute approximate surface area is 105 Å². The number of hydrogen-bond acceptors (Lipinski definition) is 1. The van der Waals surface area contributed by atoms with Gasteiger partial charge in [0.1, 0.15) is 5.84 Å². The van der Waals surface area contributed by atoms with Crippen LogP contribution in [0.4, 0.5) is 10.5 Å². The average molecular weight is 252 g/mol. The van der Waals surface area contributed by atoms with E-state index in [0.717, 1.165) is 25.2 Å². The molecule has 1 saturated heterocycles. The number of aliphatic imine (C=N–C) groups is 1. The number of likely N-dealkylation sites (tertiary alicyclic amines) is 1. The zero-order valence-electron chi connectivity index (χ0n) is 9.61. The lowest BCUT2D eigenvalue weighted by Gasteiger charge is -2.10. The standard InChI is InChI=1S/C12H14ClN3O/c1-16-7-3-6-11(16)15-12(17)14-10-5-2-4-9(13)8-10/h2,4-5,8H,3,6-7H2,1H3,(H,14,17)/b15-11-. The fourth-order valence-corrected chi connectivity index (χ4v) is 1.96. The van der Waals surface area contributed by atoms with Crippen molar-refractivity contribution >= 4 is 29.2 Å². The van der Waals surface area contributed by atoms with Gasteiger partial charge in [-0.1, -0.05) is 17.7 Å². The van der Waals surface area contributed by atoms with Crippen LogP contribution in [0.2, 0.25) is 5.02 Å². The molecule has 0 aliphatic carbocycles. The van der Waals surface area contributed by atoms with Crippen LogP contribution in [0, 0.1) is 0 Å². The summed E-state index contributed by atoms with van der Waals surface area (Å²) in [6.45, 7) is 0.962. The van der Waals surface area contributed by atoms with E-state index in [9.17, 15) is 4.79 Å². The lowest BCUT2D eigenvalue weighted by molar-refractivity contribution is 0.259. The zero-order valence-corrected chi connectivity index (χ0v) is 10.4. The number of urea groups is 1. The van der Waals surface area contributed by atoms with Gasteiger partial charge in [-0.3, -0.25) is 0 Å². The summed E-state index contributed by atoms with van der Waals surface area (Å²) in [6.07, 6.45) is 1.92. The predicted molar refractivity (Wildman–Crippen MR) is 69.8 cm³/mol. The van der Waals surface area contributed by atoms with Gasteiger partial charge in [-0.25, -0.2) is 4.79 Å². The minimum atomic E-state index is -0.351. The lowest BCUT2D eigenvalue weighted by atomic mass is 10.3. The van der Waals surface area contributed by atoms with E-state index in [0.29, 0.717) is 10.7 Å². The van der Waals surface area contributed by atoms with Gasteiger partial charge in [0.25, 0.3) is 0 Å². The first-order valence-electron chi connectivity index (χ1n) is 5.50. The van der Waals surface area contributed by atoms with Gasteiger partial charge in [0.2, 0.25) is 0 Å². The molecule has 4 nitrogen and oxygen atoms in total. The first kappa shape index (κ1) is 11.9. The minimum absolute atomic E-state index is 0.351. The Hall–Kier alpha value is -1.55. The summed E-state index contributed by atoms with van der Waals surface area (Å²) < 4.78 is 0. The molecular formula is C12H14ClN3O. The van der Waals surface area contributed by atoms with Crippen LogP contribution in [0.1, 0.15) is 12.8 Å². The van der Waals surface area contributed by atoms with Crippen LogP contribution in [-0.4, -0.2) is 30.4 Å². The van der Waals surface area contributed by atoms with Gasteiger partial charge in [0, 0.05) is 30.7 Å². The highest BCUT2D eigenvalue weighted by Gasteiger charge is 2.15. The van der Waals surface area contributed by atoms with Crippen LogP contribution in [0.5, 0.6) is 0 Å². The maximum Gasteiger partial charge on any atom is 0.347 e. The molecule has 1 aromatic rings. The second-order valence-electron chi connectivity index (χ2n) is 3.99. The number of anilines is 1. The van der Waals surface area contributed by atoms with E-state index in [1.165, 1.54) is 0 Å². The fourth-order valence-electron chi connectivity index (χ4n) is 1.77. The third kappa shape index (κ3) is 3.20. The number of rotatable bonds is 1. The fraction of sp³-hybridized carbons (Fsp3) is 0.333. The van der Waals surface area contributed by atoms with E-state index in [-0.39, 0.29) is 6.03 Å². The number of halogens is 1. The van der Waals surface area contributed by atoms with Gasteiger partial charge in [-0.2, -0.15) is 4.99 Å². The summed E-state index contributed by atoms with van der Waals surface area (Å²) in [6, 6.07) is 6.66. The van der Waals surface area contributed by atoms with Crippen LogP contribution in [-0.2, 0) is 0 Å². The summed E-state index contributed by atoms with van der Waals surface area (Å²) in [7, 11) is 1.94. The van der Waals surface area contributed by atoms with Crippen molar-refractivity contribution in [2.24, 2.45) is 4.99 Å². The predicted octanol–water partition coefficient (Wildman–Crippen LogP) is 3.00. The van der Waals surface area contributed by atoms with E-state index >= 15 is 0 Å². The molecule has 0 spiro atoms. The molecule has 1 aliphatic rings. The summed E-state index contributed by atoms with van der Waals surface area (Å²) in [5.74, 6) is 0.838. The Balaban J connectivity index is 2.02. The van der Waals surface area contributed by atoms with Crippen molar-refractivity contribution in [3.05, 3.63) is 29.3 Å². The molecule has 5 heteroatoms. The maximum atomic E-state index is 11.7. The highest BCUT2D eigenvalue weighted by Crippen LogP contribution is 2.15. The summed E-state index contributed by atoms with van der Waals surface area (Å²) in [5, 5.41) is 3.28. The number of amidine groups is 1. The van der Waals surface area contributed by atoms with Crippen molar-refractivity contribution in [2.75, 3.05) is 18.9 Å². The van der Waals surface area contributed by atoms with Crippen LogP contribution in [0.3, 0.4) is 0 Å². The number of carbonyl (C=O) groups is 1. The highest BCUT2D eigenvalue weighted by atomic mass is 35.5. The van der Waals surface area contributed by atoms with Crippen LogP contribution >= 0.6 is 11.6 Å². The van der Waals surface area contributed by atoms with Crippen molar-refractivity contribution in [3.8, 4) is 0 Å².